The van der Waals surface area contributed by atoms with Gasteiger partial charge < -0.3 is 4.42 Å². The zero-order valence-corrected chi connectivity index (χ0v) is 10.6. The van der Waals surface area contributed by atoms with Crippen LogP contribution in [0.5, 0.6) is 0 Å². The lowest BCUT2D eigenvalue weighted by Gasteiger charge is -2.04. The first-order valence-electron chi connectivity index (χ1n) is 6.14. The zero-order chi connectivity index (χ0) is 13.1. The Kier molecular flexibility index (Phi) is 3.60. The molecule has 3 nitrogen and oxygen atoms in total. The maximum atomic E-state index is 11.9. The lowest BCUT2D eigenvalue weighted by atomic mass is 10.0. The summed E-state index contributed by atoms with van der Waals surface area (Å²) >= 11 is 0. The fraction of sp³-hybridized carbons (Fsp3) is 0.333. The maximum Gasteiger partial charge on any atom is 0.198 e. The molecule has 0 atom stereocenters. The molecule has 0 spiro atoms. The van der Waals surface area contributed by atoms with Gasteiger partial charge in [-0.15, -0.1) is 0 Å². The summed E-state index contributed by atoms with van der Waals surface area (Å²) in [6, 6.07) is 8.26. The minimum atomic E-state index is -0.162. The minimum absolute atomic E-state index is 0.105. The minimum Gasteiger partial charge on any atom is -0.453 e. The molecule has 0 bridgehead atoms. The van der Waals surface area contributed by atoms with Crippen LogP contribution in [0.15, 0.2) is 39.5 Å². The molecular formula is C15H16O3. The van der Waals surface area contributed by atoms with Gasteiger partial charge in [-0.2, -0.15) is 0 Å². The van der Waals surface area contributed by atoms with Crippen molar-refractivity contribution in [3.8, 4) is 0 Å². The Morgan fingerprint density at radius 2 is 2.00 bits per heavy atom. The van der Waals surface area contributed by atoms with Crippen molar-refractivity contribution in [1.82, 2.24) is 0 Å². The van der Waals surface area contributed by atoms with E-state index in [2.05, 4.69) is 13.8 Å². The van der Waals surface area contributed by atoms with Crippen molar-refractivity contribution in [3.05, 3.63) is 46.3 Å². The maximum absolute atomic E-state index is 11.9. The van der Waals surface area contributed by atoms with Gasteiger partial charge in [-0.3, -0.25) is 9.59 Å². The summed E-state index contributed by atoms with van der Waals surface area (Å²) in [6.45, 7) is 4.12. The van der Waals surface area contributed by atoms with Crippen molar-refractivity contribution >= 4 is 16.8 Å². The largest absolute Gasteiger partial charge is 0.453 e. The Hall–Kier alpha value is -1.90. The van der Waals surface area contributed by atoms with Gasteiger partial charge in [0.15, 0.2) is 17.0 Å². The molecule has 1 aromatic heterocycles. The molecular weight excluding hydrogens is 228 g/mol. The molecule has 0 amide bonds. The van der Waals surface area contributed by atoms with E-state index >= 15 is 0 Å². The van der Waals surface area contributed by atoms with Crippen molar-refractivity contribution < 1.29 is 9.21 Å². The summed E-state index contributed by atoms with van der Waals surface area (Å²) in [6.07, 6.45) is 1.22. The van der Waals surface area contributed by atoms with Crippen LogP contribution in [0, 0.1) is 5.92 Å². The van der Waals surface area contributed by atoms with Gasteiger partial charge in [0.25, 0.3) is 0 Å². The van der Waals surface area contributed by atoms with E-state index < -0.39 is 0 Å². The Morgan fingerprint density at radius 3 is 2.72 bits per heavy atom. The predicted molar refractivity (Wildman–Crippen MR) is 70.9 cm³/mol. The number of Topliss-reactive ketones (excluding diaryl/α,β-unsaturated/α-hetero) is 1. The molecule has 0 unspecified atom stereocenters. The monoisotopic (exact) mass is 244 g/mol. The predicted octanol–water partition coefficient (Wildman–Crippen LogP) is 3.41. The lowest BCUT2D eigenvalue weighted by Crippen LogP contribution is -2.07. The van der Waals surface area contributed by atoms with Crippen molar-refractivity contribution in [2.24, 2.45) is 5.92 Å². The summed E-state index contributed by atoms with van der Waals surface area (Å²) < 4.78 is 5.49. The van der Waals surface area contributed by atoms with Gasteiger partial charge in [-0.1, -0.05) is 26.0 Å². The molecule has 0 N–H and O–H groups in total. The quantitative estimate of drug-likeness (QED) is 0.774. The Labute approximate surface area is 105 Å². The van der Waals surface area contributed by atoms with Crippen LogP contribution < -0.4 is 5.43 Å². The molecule has 1 heterocycles. The number of para-hydroxylation sites is 1. The van der Waals surface area contributed by atoms with E-state index in [-0.39, 0.29) is 17.0 Å². The van der Waals surface area contributed by atoms with E-state index in [0.717, 1.165) is 6.42 Å². The molecule has 0 saturated heterocycles. The Bertz CT molecular complexity index is 623. The standard InChI is InChI=1S/C15H16O3/c1-10(2)7-8-12(16)15-9-13(17)11-5-3-4-6-14(11)18-15/h3-6,9-10H,7-8H2,1-2H3. The van der Waals surface area contributed by atoms with Gasteiger partial charge in [0.05, 0.1) is 5.39 Å². The highest BCUT2D eigenvalue weighted by molar-refractivity contribution is 5.94. The number of fused-ring (bicyclic) bond motifs is 1. The van der Waals surface area contributed by atoms with E-state index in [4.69, 9.17) is 4.42 Å². The Morgan fingerprint density at radius 1 is 1.28 bits per heavy atom. The third kappa shape index (κ3) is 2.67. The van der Waals surface area contributed by atoms with Gasteiger partial charge in [-0.05, 0) is 24.5 Å². The fourth-order valence-electron chi connectivity index (χ4n) is 1.78. The van der Waals surface area contributed by atoms with E-state index in [1.54, 1.807) is 24.3 Å². The third-order valence-corrected chi connectivity index (χ3v) is 2.86. The van der Waals surface area contributed by atoms with Crippen LogP contribution in [-0.4, -0.2) is 5.78 Å². The topological polar surface area (TPSA) is 47.3 Å². The molecule has 0 radical (unpaired) electrons. The van der Waals surface area contributed by atoms with Crippen LogP contribution in [-0.2, 0) is 0 Å². The van der Waals surface area contributed by atoms with E-state index in [0.29, 0.717) is 23.3 Å². The molecule has 0 aliphatic rings. The van der Waals surface area contributed by atoms with Crippen LogP contribution in [0.1, 0.15) is 37.2 Å². The highest BCUT2D eigenvalue weighted by Gasteiger charge is 2.12. The number of rotatable bonds is 4. The zero-order valence-electron chi connectivity index (χ0n) is 10.6. The van der Waals surface area contributed by atoms with Crippen LogP contribution in [0.3, 0.4) is 0 Å². The molecule has 2 rings (SSSR count). The van der Waals surface area contributed by atoms with Gasteiger partial charge in [0.1, 0.15) is 5.58 Å². The number of hydrogen-bond donors (Lipinski definition) is 0. The summed E-state index contributed by atoms with van der Waals surface area (Å²) in [5, 5.41) is 0.512. The normalized spacial score (nSPS) is 11.1. The first-order valence-corrected chi connectivity index (χ1v) is 6.14. The number of hydrogen-bond acceptors (Lipinski definition) is 3. The number of carbonyl (C=O) groups is 1. The second-order valence-corrected chi connectivity index (χ2v) is 4.83. The van der Waals surface area contributed by atoms with Crippen molar-refractivity contribution in [1.29, 1.82) is 0 Å². The van der Waals surface area contributed by atoms with Gasteiger partial charge in [0, 0.05) is 12.5 Å². The van der Waals surface area contributed by atoms with Crippen molar-refractivity contribution in [2.45, 2.75) is 26.7 Å². The fourth-order valence-corrected chi connectivity index (χ4v) is 1.78. The molecule has 0 fully saturated rings. The van der Waals surface area contributed by atoms with Crippen molar-refractivity contribution in [3.63, 3.8) is 0 Å². The molecule has 0 aliphatic heterocycles. The summed E-state index contributed by atoms with van der Waals surface area (Å²) in [4.78, 5) is 23.7. The van der Waals surface area contributed by atoms with Crippen LogP contribution >= 0.6 is 0 Å². The first-order chi connectivity index (χ1) is 8.58. The summed E-state index contributed by atoms with van der Waals surface area (Å²) in [5.74, 6) is 0.520. The molecule has 18 heavy (non-hydrogen) atoms. The van der Waals surface area contributed by atoms with E-state index in [1.807, 2.05) is 0 Å². The van der Waals surface area contributed by atoms with Gasteiger partial charge in [-0.25, -0.2) is 0 Å². The number of benzene rings is 1. The molecule has 3 heteroatoms. The van der Waals surface area contributed by atoms with Crippen LogP contribution in [0.4, 0.5) is 0 Å². The number of carbonyl (C=O) groups excluding carboxylic acids is 1. The molecule has 2 aromatic rings. The van der Waals surface area contributed by atoms with Crippen LogP contribution in [0.25, 0.3) is 11.0 Å². The third-order valence-electron chi connectivity index (χ3n) is 2.86. The highest BCUT2D eigenvalue weighted by atomic mass is 16.3. The molecule has 0 saturated carbocycles. The van der Waals surface area contributed by atoms with Crippen molar-refractivity contribution in [2.75, 3.05) is 0 Å². The van der Waals surface area contributed by atoms with Crippen LogP contribution in [0.2, 0.25) is 0 Å². The molecule has 0 aliphatic carbocycles. The molecule has 1 aromatic carbocycles. The second kappa shape index (κ2) is 5.17. The van der Waals surface area contributed by atoms with Gasteiger partial charge >= 0.3 is 0 Å². The average molecular weight is 244 g/mol. The average Bonchev–Trinajstić information content (AvgIpc) is 2.36. The first kappa shape index (κ1) is 12.6. The van der Waals surface area contributed by atoms with Gasteiger partial charge in [0.2, 0.25) is 0 Å². The lowest BCUT2D eigenvalue weighted by molar-refractivity contribution is 0.0949. The van der Waals surface area contributed by atoms with E-state index in [9.17, 15) is 9.59 Å². The second-order valence-electron chi connectivity index (χ2n) is 4.83. The summed E-state index contributed by atoms with van der Waals surface area (Å²) in [7, 11) is 0. The SMILES string of the molecule is CC(C)CCC(=O)c1cc(=O)c2ccccc2o1. The molecule has 94 valence electrons. The Balaban J connectivity index is 2.35. The summed E-state index contributed by atoms with van der Waals surface area (Å²) in [5.41, 5.74) is 0.308. The number of ketones is 1. The highest BCUT2D eigenvalue weighted by Crippen LogP contribution is 2.14. The smallest absolute Gasteiger partial charge is 0.198 e. The van der Waals surface area contributed by atoms with E-state index in [1.165, 1.54) is 6.07 Å².